The highest BCUT2D eigenvalue weighted by Crippen LogP contribution is 2.18. The van der Waals surface area contributed by atoms with Crippen molar-refractivity contribution < 1.29 is 14.4 Å². The van der Waals surface area contributed by atoms with E-state index in [0.717, 1.165) is 18.4 Å². The zero-order valence-corrected chi connectivity index (χ0v) is 18.1. The van der Waals surface area contributed by atoms with Crippen LogP contribution in [0.3, 0.4) is 0 Å². The van der Waals surface area contributed by atoms with Crippen LogP contribution in [0.15, 0.2) is 78.9 Å². The number of nitrogens with one attached hydrogen (secondary N) is 3. The maximum Gasteiger partial charge on any atom is 0.255 e. The van der Waals surface area contributed by atoms with Crippen molar-refractivity contribution in [2.24, 2.45) is 0 Å². The average Bonchev–Trinajstić information content (AvgIpc) is 2.82. The summed E-state index contributed by atoms with van der Waals surface area (Å²) in [4.78, 5) is 37.2. The molecule has 0 aromatic heterocycles. The molecule has 0 heterocycles. The number of unbranched alkanes of at least 4 members (excludes halogenated alkanes) is 1. The summed E-state index contributed by atoms with van der Waals surface area (Å²) in [6, 6.07) is 23.2. The second-order valence-corrected chi connectivity index (χ2v) is 7.40. The number of amides is 3. The van der Waals surface area contributed by atoms with Crippen molar-refractivity contribution in [1.29, 1.82) is 0 Å². The van der Waals surface area contributed by atoms with Crippen molar-refractivity contribution in [2.75, 3.05) is 10.6 Å². The van der Waals surface area contributed by atoms with E-state index in [-0.39, 0.29) is 17.7 Å². The number of rotatable bonds is 9. The van der Waals surface area contributed by atoms with Crippen molar-refractivity contribution in [3.63, 3.8) is 0 Å². The van der Waals surface area contributed by atoms with Gasteiger partial charge in [-0.15, -0.1) is 0 Å². The van der Waals surface area contributed by atoms with E-state index < -0.39 is 0 Å². The molecule has 0 fully saturated rings. The smallest absolute Gasteiger partial charge is 0.255 e. The maximum absolute atomic E-state index is 12.7. The molecule has 0 saturated heterocycles. The van der Waals surface area contributed by atoms with Crippen LogP contribution >= 0.6 is 0 Å². The molecule has 3 aromatic carbocycles. The standard InChI is InChI=1S/C26H27N3O3/c1-2-3-13-24(30)28-21-16-14-20(15-17-21)25(31)29-23-12-8-7-11-22(23)26(32)27-18-19-9-5-4-6-10-19/h4-12,14-17H,2-3,13,18H2,1H3,(H,27,32)(H,28,30)(H,29,31). The lowest BCUT2D eigenvalue weighted by Crippen LogP contribution is -2.24. The normalized spacial score (nSPS) is 10.3. The molecule has 0 aliphatic heterocycles. The third-order valence-electron chi connectivity index (χ3n) is 4.90. The molecule has 0 spiro atoms. The second kappa shape index (κ2) is 11.5. The summed E-state index contributed by atoms with van der Waals surface area (Å²) in [6.45, 7) is 2.43. The Bertz CT molecular complexity index is 1060. The summed E-state index contributed by atoms with van der Waals surface area (Å²) in [6.07, 6.45) is 2.27. The summed E-state index contributed by atoms with van der Waals surface area (Å²) in [5.74, 6) is -0.647. The molecule has 3 aromatic rings. The first kappa shape index (κ1) is 22.7. The van der Waals surface area contributed by atoms with Gasteiger partial charge in [0.15, 0.2) is 0 Å². The zero-order valence-electron chi connectivity index (χ0n) is 18.1. The van der Waals surface area contributed by atoms with Gasteiger partial charge >= 0.3 is 0 Å². The lowest BCUT2D eigenvalue weighted by molar-refractivity contribution is -0.116. The molecule has 0 radical (unpaired) electrons. The van der Waals surface area contributed by atoms with E-state index in [1.807, 2.05) is 37.3 Å². The Labute approximate surface area is 188 Å². The van der Waals surface area contributed by atoms with Gasteiger partial charge in [-0.2, -0.15) is 0 Å². The molecule has 6 heteroatoms. The largest absolute Gasteiger partial charge is 0.348 e. The van der Waals surface area contributed by atoms with Gasteiger partial charge in [0.2, 0.25) is 5.91 Å². The molecule has 0 bridgehead atoms. The fraction of sp³-hybridized carbons (Fsp3) is 0.192. The van der Waals surface area contributed by atoms with E-state index in [1.165, 1.54) is 0 Å². The Morgan fingerprint density at radius 2 is 1.44 bits per heavy atom. The van der Waals surface area contributed by atoms with Crippen molar-refractivity contribution in [3.8, 4) is 0 Å². The van der Waals surface area contributed by atoms with Crippen molar-refractivity contribution >= 4 is 29.1 Å². The van der Waals surface area contributed by atoms with Gasteiger partial charge in [-0.3, -0.25) is 14.4 Å². The minimum absolute atomic E-state index is 0.0421. The van der Waals surface area contributed by atoms with Crippen LogP contribution < -0.4 is 16.0 Å². The quantitative estimate of drug-likeness (QED) is 0.447. The number of carbonyl (C=O) groups excluding carboxylic acids is 3. The fourth-order valence-corrected chi connectivity index (χ4v) is 3.12. The van der Waals surface area contributed by atoms with E-state index in [4.69, 9.17) is 0 Å². The minimum Gasteiger partial charge on any atom is -0.348 e. The van der Waals surface area contributed by atoms with Gasteiger partial charge in [-0.05, 0) is 48.4 Å². The highest BCUT2D eigenvalue weighted by Gasteiger charge is 2.14. The number of hydrogen-bond donors (Lipinski definition) is 3. The first-order valence-corrected chi connectivity index (χ1v) is 10.7. The van der Waals surface area contributed by atoms with Gasteiger partial charge in [0, 0.05) is 24.2 Å². The lowest BCUT2D eigenvalue weighted by Gasteiger charge is -2.12. The monoisotopic (exact) mass is 429 g/mol. The molecular weight excluding hydrogens is 402 g/mol. The number of anilines is 2. The highest BCUT2D eigenvalue weighted by molar-refractivity contribution is 6.09. The van der Waals surface area contributed by atoms with Gasteiger partial charge in [0.1, 0.15) is 0 Å². The Hall–Kier alpha value is -3.93. The lowest BCUT2D eigenvalue weighted by atomic mass is 10.1. The van der Waals surface area contributed by atoms with Crippen LogP contribution in [0.5, 0.6) is 0 Å². The van der Waals surface area contributed by atoms with Gasteiger partial charge in [-0.1, -0.05) is 55.8 Å². The Morgan fingerprint density at radius 3 is 2.16 bits per heavy atom. The summed E-state index contributed by atoms with van der Waals surface area (Å²) in [5, 5.41) is 8.51. The minimum atomic E-state index is -0.336. The predicted octanol–water partition coefficient (Wildman–Crippen LogP) is 5.00. The first-order valence-electron chi connectivity index (χ1n) is 10.7. The van der Waals surface area contributed by atoms with Crippen molar-refractivity contribution in [2.45, 2.75) is 32.7 Å². The van der Waals surface area contributed by atoms with Crippen LogP contribution in [-0.2, 0) is 11.3 Å². The average molecular weight is 430 g/mol. The van der Waals surface area contributed by atoms with Crippen molar-refractivity contribution in [3.05, 3.63) is 95.6 Å². The third kappa shape index (κ3) is 6.54. The molecule has 3 amide bonds. The second-order valence-electron chi connectivity index (χ2n) is 7.40. The van der Waals surface area contributed by atoms with E-state index in [0.29, 0.717) is 35.5 Å². The molecule has 0 saturated carbocycles. The Kier molecular flexibility index (Phi) is 8.15. The van der Waals surface area contributed by atoms with Crippen LogP contribution in [-0.4, -0.2) is 17.7 Å². The van der Waals surface area contributed by atoms with Gasteiger partial charge < -0.3 is 16.0 Å². The molecule has 0 atom stereocenters. The fourth-order valence-electron chi connectivity index (χ4n) is 3.12. The van der Waals surface area contributed by atoms with Crippen LogP contribution in [0.4, 0.5) is 11.4 Å². The van der Waals surface area contributed by atoms with E-state index >= 15 is 0 Å². The highest BCUT2D eigenvalue weighted by atomic mass is 16.2. The van der Waals surface area contributed by atoms with Crippen LogP contribution in [0.2, 0.25) is 0 Å². The molecule has 6 nitrogen and oxygen atoms in total. The SMILES string of the molecule is CCCCC(=O)Nc1ccc(C(=O)Nc2ccccc2C(=O)NCc2ccccc2)cc1. The summed E-state index contributed by atoms with van der Waals surface area (Å²) in [7, 11) is 0. The molecule has 164 valence electrons. The summed E-state index contributed by atoms with van der Waals surface area (Å²) >= 11 is 0. The number of hydrogen-bond acceptors (Lipinski definition) is 3. The zero-order chi connectivity index (χ0) is 22.8. The van der Waals surface area contributed by atoms with E-state index in [2.05, 4.69) is 16.0 Å². The Balaban J connectivity index is 1.62. The van der Waals surface area contributed by atoms with Crippen LogP contribution in [0.1, 0.15) is 52.5 Å². The topological polar surface area (TPSA) is 87.3 Å². The molecule has 0 aliphatic carbocycles. The molecule has 32 heavy (non-hydrogen) atoms. The summed E-state index contributed by atoms with van der Waals surface area (Å²) in [5.41, 5.74) is 2.88. The maximum atomic E-state index is 12.7. The number of para-hydroxylation sites is 1. The summed E-state index contributed by atoms with van der Waals surface area (Å²) < 4.78 is 0. The van der Waals surface area contributed by atoms with Crippen molar-refractivity contribution in [1.82, 2.24) is 5.32 Å². The molecule has 3 rings (SSSR count). The predicted molar refractivity (Wildman–Crippen MR) is 127 cm³/mol. The van der Waals surface area contributed by atoms with Crippen LogP contribution in [0.25, 0.3) is 0 Å². The van der Waals surface area contributed by atoms with Gasteiger partial charge in [0.25, 0.3) is 11.8 Å². The van der Waals surface area contributed by atoms with Gasteiger partial charge in [0.05, 0.1) is 11.3 Å². The molecule has 0 aliphatic rings. The number of benzene rings is 3. The molecule has 0 unspecified atom stereocenters. The molecular formula is C26H27N3O3. The Morgan fingerprint density at radius 1 is 0.750 bits per heavy atom. The number of carbonyl (C=O) groups is 3. The van der Waals surface area contributed by atoms with Gasteiger partial charge in [-0.25, -0.2) is 0 Å². The van der Waals surface area contributed by atoms with Crippen LogP contribution in [0, 0.1) is 0 Å². The molecule has 3 N–H and O–H groups in total. The third-order valence-corrected chi connectivity index (χ3v) is 4.90. The van der Waals surface area contributed by atoms with E-state index in [9.17, 15) is 14.4 Å². The van der Waals surface area contributed by atoms with E-state index in [1.54, 1.807) is 48.5 Å². The first-order chi connectivity index (χ1) is 15.6.